The number of anilines is 3. The first-order chi connectivity index (χ1) is 29.1. The smallest absolute Gasteiger partial charge is 0.325 e. The molecular weight excluding hydrogens is 771 g/mol. The first-order valence-corrected chi connectivity index (χ1v) is 19.3. The summed E-state index contributed by atoms with van der Waals surface area (Å²) >= 11 is 0. The molecule has 6 aromatic carbocycles. The summed E-state index contributed by atoms with van der Waals surface area (Å²) in [6, 6.07) is 31.0. The van der Waals surface area contributed by atoms with E-state index in [4.69, 9.17) is 28.4 Å². The molecule has 6 rings (SSSR count). The average Bonchev–Trinajstić information content (AvgIpc) is 3.26. The van der Waals surface area contributed by atoms with E-state index in [9.17, 15) is 24.0 Å². The Morgan fingerprint density at radius 3 is 1.65 bits per heavy atom. The van der Waals surface area contributed by atoms with E-state index in [1.807, 2.05) is 0 Å². The van der Waals surface area contributed by atoms with Gasteiger partial charge >= 0.3 is 23.9 Å². The van der Waals surface area contributed by atoms with Crippen LogP contribution in [0.2, 0.25) is 0 Å². The van der Waals surface area contributed by atoms with Gasteiger partial charge in [-0.15, -0.1) is 0 Å². The van der Waals surface area contributed by atoms with Crippen molar-refractivity contribution in [1.29, 1.82) is 0 Å². The molecule has 14 heteroatoms. The lowest BCUT2D eigenvalue weighted by Gasteiger charge is -2.26. The minimum Gasteiger partial charge on any atom is -0.488 e. The summed E-state index contributed by atoms with van der Waals surface area (Å²) in [7, 11) is 4.98. The van der Waals surface area contributed by atoms with Gasteiger partial charge in [0, 0.05) is 18.2 Å². The van der Waals surface area contributed by atoms with Gasteiger partial charge in [-0.25, -0.2) is 0 Å². The quantitative estimate of drug-likeness (QED) is 0.0396. The molecule has 0 aromatic heterocycles. The van der Waals surface area contributed by atoms with Gasteiger partial charge in [0.2, 0.25) is 5.91 Å². The van der Waals surface area contributed by atoms with Crippen LogP contribution in [0.25, 0.3) is 32.3 Å². The largest absolute Gasteiger partial charge is 0.488 e. The Morgan fingerprint density at radius 2 is 1.05 bits per heavy atom. The Morgan fingerprint density at radius 1 is 0.533 bits per heavy atom. The van der Waals surface area contributed by atoms with Gasteiger partial charge in [0.1, 0.15) is 50.9 Å². The molecule has 0 saturated heterocycles. The van der Waals surface area contributed by atoms with E-state index in [-0.39, 0.29) is 57.5 Å². The van der Waals surface area contributed by atoms with Crippen LogP contribution in [0.15, 0.2) is 97.1 Å². The van der Waals surface area contributed by atoms with Crippen molar-refractivity contribution in [2.45, 2.75) is 19.3 Å². The Labute approximate surface area is 347 Å². The van der Waals surface area contributed by atoms with Crippen molar-refractivity contribution in [3.05, 3.63) is 103 Å². The van der Waals surface area contributed by atoms with E-state index in [0.29, 0.717) is 35.7 Å². The van der Waals surface area contributed by atoms with E-state index >= 15 is 0 Å². The highest BCUT2D eigenvalue weighted by Gasteiger charge is 2.22. The number of ether oxygens (including phenoxy) is 6. The van der Waals surface area contributed by atoms with Crippen LogP contribution >= 0.6 is 0 Å². The minimum absolute atomic E-state index is 0.00557. The average molecular weight is 818 g/mol. The van der Waals surface area contributed by atoms with Crippen LogP contribution in [-0.4, -0.2) is 97.6 Å². The summed E-state index contributed by atoms with van der Waals surface area (Å²) in [6.07, 6.45) is 1.57. The van der Waals surface area contributed by atoms with Gasteiger partial charge in [0.05, 0.1) is 39.8 Å². The summed E-state index contributed by atoms with van der Waals surface area (Å²) in [5.74, 6) is -1.94. The Bertz CT molecular complexity index is 2430. The van der Waals surface area contributed by atoms with Crippen LogP contribution in [0.3, 0.4) is 0 Å². The first-order valence-electron chi connectivity index (χ1n) is 19.3. The first kappa shape index (κ1) is 42.5. The molecule has 312 valence electrons. The van der Waals surface area contributed by atoms with Crippen LogP contribution in [-0.2, 0) is 49.3 Å². The Kier molecular flexibility index (Phi) is 14.2. The number of aryl methyl sites for hydroxylation is 1. The van der Waals surface area contributed by atoms with Gasteiger partial charge in [-0.3, -0.25) is 24.0 Å². The maximum atomic E-state index is 13.3. The number of carbonyl (C=O) groups is 5. The Hall–Kier alpha value is -7.09. The van der Waals surface area contributed by atoms with Crippen molar-refractivity contribution in [1.82, 2.24) is 0 Å². The van der Waals surface area contributed by atoms with Crippen LogP contribution in [0, 0.1) is 0 Å². The van der Waals surface area contributed by atoms with Gasteiger partial charge in [-0.05, 0) is 75.0 Å². The van der Waals surface area contributed by atoms with Crippen LogP contribution in [0.4, 0.5) is 17.1 Å². The summed E-state index contributed by atoms with van der Waals surface area (Å²) in [5, 5.41) is 10.2. The van der Waals surface area contributed by atoms with Crippen molar-refractivity contribution < 1.29 is 52.4 Å². The van der Waals surface area contributed by atoms with E-state index in [1.165, 1.54) is 76.1 Å². The van der Waals surface area contributed by atoms with Gasteiger partial charge in [-0.1, -0.05) is 66.7 Å². The van der Waals surface area contributed by atoms with Crippen LogP contribution in [0.5, 0.6) is 11.5 Å². The monoisotopic (exact) mass is 817 g/mol. The highest BCUT2D eigenvalue weighted by Crippen LogP contribution is 2.37. The summed E-state index contributed by atoms with van der Waals surface area (Å²) in [6.45, 7) is -1.10. The fourth-order valence-electron chi connectivity index (χ4n) is 7.12. The molecule has 0 aliphatic rings. The predicted molar refractivity (Wildman–Crippen MR) is 228 cm³/mol. The van der Waals surface area contributed by atoms with Gasteiger partial charge in [0.15, 0.2) is 0 Å². The number of rotatable bonds is 20. The molecule has 60 heavy (non-hydrogen) atoms. The fourth-order valence-corrected chi connectivity index (χ4v) is 7.12. The number of esters is 4. The standard InChI is InChI=1S/C46H47N3O11/c1-55-41(51)26-48(27-42(52)56-2)36-12-5-6-13-38(36)59-23-24-60-39-25-34(20-22-37(39)49(28-43(53)57-3)29-44(54)58-4)47-40(50)14-8-9-30-15-16-33-18-17-31-10-7-11-32-19-21-35(30)46(33)45(31)32/h5-7,10-13,15-22,25H,8-9,14,23-24,26-29H2,1-4H3,(H,47,50). The molecule has 0 atom stereocenters. The normalized spacial score (nSPS) is 10.9. The van der Waals surface area contributed by atoms with Gasteiger partial charge in [-0.2, -0.15) is 0 Å². The number of hydrogen-bond donors (Lipinski definition) is 1. The molecule has 0 radical (unpaired) electrons. The van der Waals surface area contributed by atoms with Crippen molar-refractivity contribution in [3.63, 3.8) is 0 Å². The zero-order valence-electron chi connectivity index (χ0n) is 34.0. The van der Waals surface area contributed by atoms with Crippen molar-refractivity contribution >= 4 is 79.2 Å². The van der Waals surface area contributed by atoms with Crippen molar-refractivity contribution in [2.24, 2.45) is 0 Å². The lowest BCUT2D eigenvalue weighted by molar-refractivity contribution is -0.141. The molecular formula is C46H47N3O11. The fraction of sp³-hybridized carbons (Fsp3) is 0.283. The molecule has 0 aliphatic carbocycles. The molecule has 0 heterocycles. The second kappa shape index (κ2) is 20.1. The molecule has 1 N–H and O–H groups in total. The van der Waals surface area contributed by atoms with Crippen LogP contribution < -0.4 is 24.6 Å². The minimum atomic E-state index is -0.602. The second-order valence-electron chi connectivity index (χ2n) is 13.8. The molecule has 0 unspecified atom stereocenters. The lowest BCUT2D eigenvalue weighted by Crippen LogP contribution is -2.36. The van der Waals surface area contributed by atoms with Crippen molar-refractivity contribution in [2.75, 3.05) is 82.9 Å². The summed E-state index contributed by atoms with van der Waals surface area (Å²) < 4.78 is 31.7. The maximum Gasteiger partial charge on any atom is 0.325 e. The molecule has 0 fully saturated rings. The number of benzene rings is 6. The highest BCUT2D eigenvalue weighted by atomic mass is 16.5. The zero-order chi connectivity index (χ0) is 42.6. The molecule has 6 aromatic rings. The summed E-state index contributed by atoms with van der Waals surface area (Å²) in [4.78, 5) is 65.5. The van der Waals surface area contributed by atoms with Gasteiger partial charge < -0.3 is 43.5 Å². The molecule has 0 saturated carbocycles. The third-order valence-electron chi connectivity index (χ3n) is 10.0. The maximum absolute atomic E-state index is 13.3. The molecule has 0 bridgehead atoms. The third kappa shape index (κ3) is 10.3. The number of methoxy groups -OCH3 is 4. The molecule has 1 amide bonds. The SMILES string of the molecule is COC(=O)CN(CC(=O)OC)c1ccccc1OCCOc1cc(NC(=O)CCCc2ccc3ccc4cccc5ccc2c3c45)ccc1N(CC(=O)OC)CC(=O)OC. The number of hydrogen-bond acceptors (Lipinski definition) is 13. The topological polar surface area (TPSA) is 159 Å². The number of amides is 1. The predicted octanol–water partition coefficient (Wildman–Crippen LogP) is 6.31. The van der Waals surface area contributed by atoms with Crippen LogP contribution in [0.1, 0.15) is 18.4 Å². The summed E-state index contributed by atoms with van der Waals surface area (Å²) in [5.41, 5.74) is 2.42. The molecule has 0 aliphatic heterocycles. The molecule has 14 nitrogen and oxygen atoms in total. The van der Waals surface area contributed by atoms with E-state index < -0.39 is 23.9 Å². The van der Waals surface area contributed by atoms with E-state index in [0.717, 1.165) is 0 Å². The zero-order valence-corrected chi connectivity index (χ0v) is 34.0. The Balaban J connectivity index is 1.16. The van der Waals surface area contributed by atoms with E-state index in [2.05, 4.69) is 59.9 Å². The van der Waals surface area contributed by atoms with Crippen molar-refractivity contribution in [3.8, 4) is 11.5 Å². The third-order valence-corrected chi connectivity index (χ3v) is 10.0. The van der Waals surface area contributed by atoms with E-state index in [1.54, 1.807) is 42.5 Å². The number of carbonyl (C=O) groups excluding carboxylic acids is 5. The number of para-hydroxylation sites is 2. The van der Waals surface area contributed by atoms with Gasteiger partial charge in [0.25, 0.3) is 0 Å². The highest BCUT2D eigenvalue weighted by molar-refractivity contribution is 6.23. The second-order valence-corrected chi connectivity index (χ2v) is 13.8. The number of nitrogens with zero attached hydrogens (tertiary/aromatic N) is 2. The lowest BCUT2D eigenvalue weighted by atomic mass is 9.90. The number of nitrogens with one attached hydrogen (secondary N) is 1. The molecule has 0 spiro atoms.